The second-order valence-electron chi connectivity index (χ2n) is 8.71. The van der Waals surface area contributed by atoms with Gasteiger partial charge in [0.25, 0.3) is 0 Å². The van der Waals surface area contributed by atoms with Crippen molar-refractivity contribution in [3.05, 3.63) is 12.7 Å². The van der Waals surface area contributed by atoms with Crippen LogP contribution in [0.3, 0.4) is 0 Å². The van der Waals surface area contributed by atoms with Gasteiger partial charge in [-0.3, -0.25) is 4.90 Å². The van der Waals surface area contributed by atoms with Crippen LogP contribution in [0.1, 0.15) is 112 Å². The molecule has 1 nitrogen and oxygen atoms in total. The van der Waals surface area contributed by atoms with Crippen molar-refractivity contribution in [3.8, 4) is 0 Å². The highest BCUT2D eigenvalue weighted by Crippen LogP contribution is 2.38. The van der Waals surface area contributed by atoms with Gasteiger partial charge in [-0.15, -0.1) is 6.58 Å². The Balaban J connectivity index is 4.00. The predicted octanol–water partition coefficient (Wildman–Crippen LogP) is 7.61. The summed E-state index contributed by atoms with van der Waals surface area (Å²) in [5.41, 5.74) is 0.545. The quantitative estimate of drug-likeness (QED) is 0.207. The third-order valence-corrected chi connectivity index (χ3v) is 6.46. The first-order chi connectivity index (χ1) is 11.3. The monoisotopic (exact) mass is 337 g/mol. The molecule has 0 bridgehead atoms. The minimum Gasteiger partial charge on any atom is -0.294 e. The van der Waals surface area contributed by atoms with Crippen molar-refractivity contribution >= 4 is 0 Å². The Morgan fingerprint density at radius 1 is 0.750 bits per heavy atom. The van der Waals surface area contributed by atoms with Crippen LogP contribution >= 0.6 is 0 Å². The normalized spacial score (nSPS) is 12.8. The lowest BCUT2D eigenvalue weighted by atomic mass is 9.71. The van der Waals surface area contributed by atoms with E-state index in [1.807, 2.05) is 0 Å². The number of nitrogens with zero attached hydrogens (tertiary/aromatic N) is 1. The Kier molecular flexibility index (Phi) is 12.8. The average Bonchev–Trinajstić information content (AvgIpc) is 2.55. The number of rotatable bonds is 16. The highest BCUT2D eigenvalue weighted by atomic mass is 15.2. The van der Waals surface area contributed by atoms with Gasteiger partial charge in [0, 0.05) is 12.1 Å². The maximum atomic E-state index is 3.98. The largest absolute Gasteiger partial charge is 0.294 e. The summed E-state index contributed by atoms with van der Waals surface area (Å²) in [6, 6.07) is 0. The maximum Gasteiger partial charge on any atom is 0.0207 e. The van der Waals surface area contributed by atoms with E-state index >= 15 is 0 Å². The van der Waals surface area contributed by atoms with Gasteiger partial charge in [-0.05, 0) is 38.6 Å². The standard InChI is InChI=1S/C23H47N/c1-8-11-12-13-14-15-16-17-18-19-21-24(20-9-2)23(6,7)22(4,5)10-3/h9H,2,8,10-21H2,1,3-7H3. The van der Waals surface area contributed by atoms with Crippen molar-refractivity contribution in [2.24, 2.45) is 5.41 Å². The van der Waals surface area contributed by atoms with Gasteiger partial charge in [0.05, 0.1) is 0 Å². The van der Waals surface area contributed by atoms with Crippen molar-refractivity contribution in [2.75, 3.05) is 13.1 Å². The van der Waals surface area contributed by atoms with Gasteiger partial charge in [-0.2, -0.15) is 0 Å². The molecule has 0 aliphatic rings. The minimum atomic E-state index is 0.217. The fourth-order valence-corrected chi connectivity index (χ4v) is 3.41. The molecule has 0 spiro atoms. The van der Waals surface area contributed by atoms with Gasteiger partial charge in [0.15, 0.2) is 0 Å². The van der Waals surface area contributed by atoms with Crippen molar-refractivity contribution in [2.45, 2.75) is 118 Å². The van der Waals surface area contributed by atoms with E-state index in [-0.39, 0.29) is 5.54 Å². The summed E-state index contributed by atoms with van der Waals surface area (Å²) in [7, 11) is 0. The average molecular weight is 338 g/mol. The van der Waals surface area contributed by atoms with Crippen LogP contribution in [0, 0.1) is 5.41 Å². The van der Waals surface area contributed by atoms with Gasteiger partial charge < -0.3 is 0 Å². The van der Waals surface area contributed by atoms with Crippen LogP contribution in [-0.4, -0.2) is 23.5 Å². The van der Waals surface area contributed by atoms with E-state index in [4.69, 9.17) is 0 Å². The summed E-state index contributed by atoms with van der Waals surface area (Å²) in [5.74, 6) is 0. The van der Waals surface area contributed by atoms with Gasteiger partial charge in [-0.1, -0.05) is 91.6 Å². The molecule has 0 radical (unpaired) electrons. The summed E-state index contributed by atoms with van der Waals surface area (Å²) in [4.78, 5) is 2.65. The summed E-state index contributed by atoms with van der Waals surface area (Å²) >= 11 is 0. The molecule has 1 heteroatoms. The minimum absolute atomic E-state index is 0.217. The van der Waals surface area contributed by atoms with E-state index in [9.17, 15) is 0 Å². The molecule has 0 saturated carbocycles. The molecule has 0 aromatic rings. The lowest BCUT2D eigenvalue weighted by Crippen LogP contribution is -2.54. The molecular weight excluding hydrogens is 290 g/mol. The van der Waals surface area contributed by atoms with E-state index in [1.165, 1.54) is 77.2 Å². The molecule has 0 N–H and O–H groups in total. The molecule has 0 rings (SSSR count). The first-order valence-corrected chi connectivity index (χ1v) is 10.7. The fourth-order valence-electron chi connectivity index (χ4n) is 3.41. The van der Waals surface area contributed by atoms with Gasteiger partial charge in [0.1, 0.15) is 0 Å². The van der Waals surface area contributed by atoms with E-state index in [0.717, 1.165) is 6.54 Å². The molecule has 0 heterocycles. The molecule has 0 unspecified atom stereocenters. The van der Waals surface area contributed by atoms with Crippen LogP contribution in [0.25, 0.3) is 0 Å². The molecule has 0 aromatic carbocycles. The third-order valence-electron chi connectivity index (χ3n) is 6.46. The van der Waals surface area contributed by atoms with Crippen molar-refractivity contribution < 1.29 is 0 Å². The molecule has 24 heavy (non-hydrogen) atoms. The maximum absolute atomic E-state index is 3.98. The third kappa shape index (κ3) is 8.70. The van der Waals surface area contributed by atoms with Crippen LogP contribution in [0.2, 0.25) is 0 Å². The van der Waals surface area contributed by atoms with E-state index in [1.54, 1.807) is 0 Å². The van der Waals surface area contributed by atoms with Crippen LogP contribution in [0.5, 0.6) is 0 Å². The molecule has 0 fully saturated rings. The Labute approximate surface area is 154 Å². The number of hydrogen-bond donors (Lipinski definition) is 0. The lowest BCUT2D eigenvalue weighted by molar-refractivity contribution is 0.0155. The van der Waals surface area contributed by atoms with E-state index in [0.29, 0.717) is 5.41 Å². The fraction of sp³-hybridized carbons (Fsp3) is 0.913. The molecule has 144 valence electrons. The zero-order valence-electron chi connectivity index (χ0n) is 17.9. The topological polar surface area (TPSA) is 3.24 Å². The first kappa shape index (κ1) is 23.7. The van der Waals surface area contributed by atoms with Crippen molar-refractivity contribution in [3.63, 3.8) is 0 Å². The van der Waals surface area contributed by atoms with Gasteiger partial charge in [-0.25, -0.2) is 0 Å². The highest BCUT2D eigenvalue weighted by molar-refractivity contribution is 4.96. The van der Waals surface area contributed by atoms with E-state index < -0.39 is 0 Å². The zero-order valence-corrected chi connectivity index (χ0v) is 17.9. The molecule has 0 saturated heterocycles. The molecular formula is C23H47N. The smallest absolute Gasteiger partial charge is 0.0207 e. The molecule has 0 aliphatic carbocycles. The summed E-state index contributed by atoms with van der Waals surface area (Å²) in [5, 5.41) is 0. The second-order valence-corrected chi connectivity index (χ2v) is 8.71. The first-order valence-electron chi connectivity index (χ1n) is 10.7. The SMILES string of the molecule is C=CCN(CCCCCCCCCCCC)C(C)(C)C(C)(C)CC. The summed E-state index contributed by atoms with van der Waals surface area (Å²) in [6.07, 6.45) is 17.4. The lowest BCUT2D eigenvalue weighted by Gasteiger charge is -2.49. The molecule has 0 atom stereocenters. The van der Waals surface area contributed by atoms with Crippen molar-refractivity contribution in [1.82, 2.24) is 4.90 Å². The Morgan fingerprint density at radius 3 is 1.62 bits per heavy atom. The van der Waals surface area contributed by atoms with E-state index in [2.05, 4.69) is 59.1 Å². The Hall–Kier alpha value is -0.300. The molecule has 0 aliphatic heterocycles. The van der Waals surface area contributed by atoms with Crippen LogP contribution in [0.4, 0.5) is 0 Å². The zero-order chi connectivity index (χ0) is 18.5. The van der Waals surface area contributed by atoms with Crippen molar-refractivity contribution in [1.29, 1.82) is 0 Å². The van der Waals surface area contributed by atoms with Gasteiger partial charge >= 0.3 is 0 Å². The summed E-state index contributed by atoms with van der Waals surface area (Å²) < 4.78 is 0. The van der Waals surface area contributed by atoms with Gasteiger partial charge in [0.2, 0.25) is 0 Å². The number of hydrogen-bond acceptors (Lipinski definition) is 1. The Morgan fingerprint density at radius 2 is 1.21 bits per heavy atom. The Bertz CT molecular complexity index is 303. The van der Waals surface area contributed by atoms with Crippen LogP contribution in [-0.2, 0) is 0 Å². The van der Waals surface area contributed by atoms with Crippen LogP contribution < -0.4 is 0 Å². The predicted molar refractivity (Wildman–Crippen MR) is 112 cm³/mol. The highest BCUT2D eigenvalue weighted by Gasteiger charge is 2.39. The molecule has 0 amide bonds. The second kappa shape index (κ2) is 13.0. The number of unbranched alkanes of at least 4 members (excludes halogenated alkanes) is 9. The van der Waals surface area contributed by atoms with Crippen LogP contribution in [0.15, 0.2) is 12.7 Å². The summed E-state index contributed by atoms with van der Waals surface area (Å²) in [6.45, 7) is 20.4. The molecule has 0 aromatic heterocycles.